The number of morpholine rings is 1. The third-order valence-electron chi connectivity index (χ3n) is 5.31. The Labute approximate surface area is 145 Å². The fourth-order valence-corrected chi connectivity index (χ4v) is 3.97. The number of carbonyl (C=O) groups excluding carboxylic acids is 1. The van der Waals surface area contributed by atoms with Crippen LogP contribution in [-0.4, -0.2) is 49.2 Å². The summed E-state index contributed by atoms with van der Waals surface area (Å²) < 4.78 is 6.05. The quantitative estimate of drug-likeness (QED) is 0.850. The molecule has 2 heterocycles. The largest absolute Gasteiger partial charge is 0.371 e. The van der Waals surface area contributed by atoms with Crippen molar-refractivity contribution in [1.82, 2.24) is 4.90 Å². The van der Waals surface area contributed by atoms with E-state index in [1.165, 1.54) is 11.3 Å². The van der Waals surface area contributed by atoms with Gasteiger partial charge in [0.2, 0.25) is 5.91 Å². The maximum absolute atomic E-state index is 12.1. The second-order valence-electron chi connectivity index (χ2n) is 7.61. The van der Waals surface area contributed by atoms with Crippen molar-refractivity contribution < 1.29 is 9.53 Å². The van der Waals surface area contributed by atoms with Gasteiger partial charge >= 0.3 is 0 Å². The molecule has 4 heteroatoms. The summed E-state index contributed by atoms with van der Waals surface area (Å²) in [6.07, 6.45) is 3.05. The Morgan fingerprint density at radius 1 is 1.21 bits per heavy atom. The molecule has 1 spiro atoms. The number of amides is 1. The van der Waals surface area contributed by atoms with E-state index in [-0.39, 0.29) is 18.1 Å². The molecule has 1 amide bonds. The van der Waals surface area contributed by atoms with Crippen LogP contribution < -0.4 is 4.90 Å². The molecule has 0 aliphatic carbocycles. The van der Waals surface area contributed by atoms with Gasteiger partial charge in [0.05, 0.1) is 5.60 Å². The lowest BCUT2D eigenvalue weighted by molar-refractivity contribution is -0.167. The van der Waals surface area contributed by atoms with Crippen LogP contribution >= 0.6 is 0 Å². The number of nitrogens with zero attached hydrogens (tertiary/aromatic N) is 2. The molecule has 1 aromatic rings. The molecule has 2 saturated heterocycles. The maximum Gasteiger partial charge on any atom is 0.248 e. The Hall–Kier alpha value is -1.55. The van der Waals surface area contributed by atoms with Crippen LogP contribution in [0.4, 0.5) is 5.69 Å². The van der Waals surface area contributed by atoms with Crippen molar-refractivity contribution in [2.45, 2.75) is 45.6 Å². The summed E-state index contributed by atoms with van der Waals surface area (Å²) in [4.78, 5) is 16.6. The lowest BCUT2D eigenvalue weighted by atomic mass is 9.88. The SMILES string of the molecule is CCc1ccccc1N1CCC2(CC1)CN(CC(C)C)C(=O)CO2. The Bertz CT molecular complexity index is 577. The van der Waals surface area contributed by atoms with E-state index in [1.54, 1.807) is 0 Å². The molecule has 2 aliphatic heterocycles. The van der Waals surface area contributed by atoms with E-state index < -0.39 is 0 Å². The summed E-state index contributed by atoms with van der Waals surface area (Å²) in [5.74, 6) is 0.647. The first kappa shape index (κ1) is 17.3. The van der Waals surface area contributed by atoms with Crippen molar-refractivity contribution in [1.29, 1.82) is 0 Å². The minimum atomic E-state index is -0.138. The van der Waals surface area contributed by atoms with Gasteiger partial charge in [-0.25, -0.2) is 0 Å². The Kier molecular flexibility index (Phi) is 5.14. The zero-order valence-electron chi connectivity index (χ0n) is 15.3. The van der Waals surface area contributed by atoms with E-state index in [4.69, 9.17) is 4.74 Å². The standard InChI is InChI=1S/C20H30N2O2/c1-4-17-7-5-6-8-18(17)21-11-9-20(10-12-21)15-22(13-16(2)3)19(23)14-24-20/h5-8,16H,4,9-15H2,1-3H3. The second kappa shape index (κ2) is 7.14. The molecule has 2 fully saturated rings. The summed E-state index contributed by atoms with van der Waals surface area (Å²) in [7, 11) is 0. The average molecular weight is 330 g/mol. The van der Waals surface area contributed by atoms with Gasteiger partial charge in [-0.15, -0.1) is 0 Å². The molecule has 0 saturated carbocycles. The summed E-state index contributed by atoms with van der Waals surface area (Å²) in [6.45, 7) is 10.4. The Balaban J connectivity index is 1.66. The van der Waals surface area contributed by atoms with Crippen LogP contribution in [-0.2, 0) is 16.0 Å². The smallest absolute Gasteiger partial charge is 0.248 e. The molecule has 0 atom stereocenters. The topological polar surface area (TPSA) is 32.8 Å². The molecule has 0 N–H and O–H groups in total. The first-order valence-electron chi connectivity index (χ1n) is 9.27. The van der Waals surface area contributed by atoms with E-state index in [0.29, 0.717) is 5.92 Å². The van der Waals surface area contributed by atoms with Gasteiger partial charge in [-0.3, -0.25) is 4.79 Å². The van der Waals surface area contributed by atoms with Gasteiger partial charge in [-0.1, -0.05) is 39.0 Å². The van der Waals surface area contributed by atoms with Gasteiger partial charge < -0.3 is 14.5 Å². The minimum absolute atomic E-state index is 0.138. The molecule has 24 heavy (non-hydrogen) atoms. The van der Waals surface area contributed by atoms with Crippen molar-refractivity contribution >= 4 is 11.6 Å². The van der Waals surface area contributed by atoms with Crippen molar-refractivity contribution in [3.05, 3.63) is 29.8 Å². The van der Waals surface area contributed by atoms with Gasteiger partial charge in [0.1, 0.15) is 6.61 Å². The van der Waals surface area contributed by atoms with Crippen molar-refractivity contribution in [2.24, 2.45) is 5.92 Å². The monoisotopic (exact) mass is 330 g/mol. The van der Waals surface area contributed by atoms with Crippen molar-refractivity contribution in [3.8, 4) is 0 Å². The number of aryl methyl sites for hydroxylation is 1. The van der Waals surface area contributed by atoms with Crippen molar-refractivity contribution in [3.63, 3.8) is 0 Å². The number of piperidine rings is 1. The van der Waals surface area contributed by atoms with E-state index >= 15 is 0 Å². The number of benzene rings is 1. The van der Waals surface area contributed by atoms with Crippen LogP contribution in [0.25, 0.3) is 0 Å². The minimum Gasteiger partial charge on any atom is -0.371 e. The number of rotatable bonds is 4. The van der Waals surface area contributed by atoms with E-state index in [9.17, 15) is 4.79 Å². The molecular formula is C20H30N2O2. The third kappa shape index (κ3) is 3.59. The molecule has 1 aromatic carbocycles. The molecule has 3 rings (SSSR count). The van der Waals surface area contributed by atoms with Gasteiger partial charge in [-0.05, 0) is 36.8 Å². The molecule has 0 aromatic heterocycles. The highest BCUT2D eigenvalue weighted by atomic mass is 16.5. The first-order valence-corrected chi connectivity index (χ1v) is 9.27. The van der Waals surface area contributed by atoms with Crippen molar-refractivity contribution in [2.75, 3.05) is 37.7 Å². The average Bonchev–Trinajstić information content (AvgIpc) is 2.59. The van der Waals surface area contributed by atoms with Crippen LogP contribution in [0.2, 0.25) is 0 Å². The summed E-state index contributed by atoms with van der Waals surface area (Å²) in [5, 5.41) is 0. The number of anilines is 1. The molecular weight excluding hydrogens is 300 g/mol. The molecule has 0 bridgehead atoms. The van der Waals surface area contributed by atoms with Crippen LogP contribution in [0.5, 0.6) is 0 Å². The van der Waals surface area contributed by atoms with E-state index in [0.717, 1.165) is 45.4 Å². The van der Waals surface area contributed by atoms with Crippen LogP contribution in [0.3, 0.4) is 0 Å². The van der Waals surface area contributed by atoms with E-state index in [2.05, 4.69) is 49.9 Å². The fourth-order valence-electron chi connectivity index (χ4n) is 3.97. The lowest BCUT2D eigenvalue weighted by Crippen LogP contribution is -2.59. The molecule has 4 nitrogen and oxygen atoms in total. The predicted octanol–water partition coefficient (Wildman–Crippen LogP) is 3.10. The molecule has 0 unspecified atom stereocenters. The molecule has 0 radical (unpaired) electrons. The Morgan fingerprint density at radius 2 is 1.92 bits per heavy atom. The van der Waals surface area contributed by atoms with Crippen LogP contribution in [0.1, 0.15) is 39.2 Å². The number of ether oxygens (including phenoxy) is 1. The third-order valence-corrected chi connectivity index (χ3v) is 5.31. The normalized spacial score (nSPS) is 20.9. The summed E-state index contributed by atoms with van der Waals surface area (Å²) >= 11 is 0. The highest BCUT2D eigenvalue weighted by Crippen LogP contribution is 2.33. The molecule has 132 valence electrons. The number of hydrogen-bond acceptors (Lipinski definition) is 3. The number of hydrogen-bond donors (Lipinski definition) is 0. The number of para-hydroxylation sites is 1. The zero-order chi connectivity index (χ0) is 17.2. The van der Waals surface area contributed by atoms with Gasteiger partial charge in [0.25, 0.3) is 0 Å². The van der Waals surface area contributed by atoms with Crippen LogP contribution in [0.15, 0.2) is 24.3 Å². The highest BCUT2D eigenvalue weighted by Gasteiger charge is 2.42. The summed E-state index contributed by atoms with van der Waals surface area (Å²) in [5.41, 5.74) is 2.64. The Morgan fingerprint density at radius 3 is 2.58 bits per heavy atom. The fraction of sp³-hybridized carbons (Fsp3) is 0.650. The second-order valence-corrected chi connectivity index (χ2v) is 7.61. The van der Waals surface area contributed by atoms with E-state index in [1.807, 2.05) is 4.90 Å². The maximum atomic E-state index is 12.1. The van der Waals surface area contributed by atoms with Crippen LogP contribution in [0, 0.1) is 5.92 Å². The van der Waals surface area contributed by atoms with Gasteiger partial charge in [0, 0.05) is 31.9 Å². The summed E-state index contributed by atoms with van der Waals surface area (Å²) in [6, 6.07) is 8.69. The highest BCUT2D eigenvalue weighted by molar-refractivity contribution is 5.78. The predicted molar refractivity (Wildman–Crippen MR) is 97.4 cm³/mol. The first-order chi connectivity index (χ1) is 11.5. The number of carbonyl (C=O) groups is 1. The van der Waals surface area contributed by atoms with Gasteiger partial charge in [-0.2, -0.15) is 0 Å². The lowest BCUT2D eigenvalue weighted by Gasteiger charge is -2.48. The zero-order valence-corrected chi connectivity index (χ0v) is 15.3. The van der Waals surface area contributed by atoms with Gasteiger partial charge in [0.15, 0.2) is 0 Å². The molecule has 2 aliphatic rings.